The summed E-state index contributed by atoms with van der Waals surface area (Å²) in [5.74, 6) is 0. The average molecular weight is 197 g/mol. The minimum Gasteiger partial charge on any atom is -0.265 e. The normalized spacial score (nSPS) is 28.2. The molecule has 1 aliphatic heterocycles. The SMILES string of the molecule is O=C1NC(=O)/[N+](=C\Cl)[C@@H](Cl)N1. The lowest BCUT2D eigenvalue weighted by Crippen LogP contribution is -2.57. The van der Waals surface area contributed by atoms with E-state index in [-0.39, 0.29) is 0 Å². The minimum atomic E-state index is -0.922. The maximum Gasteiger partial charge on any atom is 0.503 e. The van der Waals surface area contributed by atoms with Crippen LogP contribution in [0.5, 0.6) is 0 Å². The Kier molecular flexibility index (Phi) is 2.31. The van der Waals surface area contributed by atoms with Gasteiger partial charge in [0.1, 0.15) is 0 Å². The third-order valence-electron chi connectivity index (χ3n) is 1.05. The fraction of sp³-hybridized carbons (Fsp3) is 0.250. The van der Waals surface area contributed by atoms with Crippen LogP contribution in [0, 0.1) is 0 Å². The zero-order valence-corrected chi connectivity index (χ0v) is 6.69. The van der Waals surface area contributed by atoms with Gasteiger partial charge in [-0.1, -0.05) is 0 Å². The van der Waals surface area contributed by atoms with Crippen molar-refractivity contribution in [2.24, 2.45) is 0 Å². The molecule has 0 aromatic rings. The van der Waals surface area contributed by atoms with Gasteiger partial charge in [-0.05, 0) is 23.2 Å². The van der Waals surface area contributed by atoms with Gasteiger partial charge in [0.15, 0.2) is 5.67 Å². The van der Waals surface area contributed by atoms with E-state index in [1.807, 2.05) is 5.32 Å². The van der Waals surface area contributed by atoms with E-state index >= 15 is 0 Å². The van der Waals surface area contributed by atoms with E-state index in [2.05, 4.69) is 5.32 Å². The van der Waals surface area contributed by atoms with Crippen LogP contribution >= 0.6 is 23.2 Å². The van der Waals surface area contributed by atoms with Crippen molar-refractivity contribution in [2.75, 3.05) is 0 Å². The number of halogens is 2. The van der Waals surface area contributed by atoms with Crippen molar-refractivity contribution < 1.29 is 14.2 Å². The summed E-state index contributed by atoms with van der Waals surface area (Å²) in [5, 5.41) is 4.16. The number of nitrogens with zero attached hydrogens (tertiary/aromatic N) is 1. The predicted octanol–water partition coefficient (Wildman–Crippen LogP) is 0.221. The number of alkyl halides is 1. The molecule has 60 valence electrons. The van der Waals surface area contributed by atoms with E-state index < -0.39 is 17.7 Å². The lowest BCUT2D eigenvalue weighted by molar-refractivity contribution is -0.448. The Hall–Kier alpha value is -0.810. The standard InChI is InChI=1S/C4H3Cl2N3O2/c5-1-9-2(6)7-3(10)8-4(9)11/h1-2H,(H-,7,8,10,11)/p+1/b9-1-/t2-/m0/s1. The van der Waals surface area contributed by atoms with Crippen LogP contribution in [0.2, 0.25) is 0 Å². The second-order valence-corrected chi connectivity index (χ2v) is 2.35. The maximum atomic E-state index is 10.8. The van der Waals surface area contributed by atoms with Gasteiger partial charge in [-0.3, -0.25) is 5.32 Å². The fourth-order valence-corrected chi connectivity index (χ4v) is 1.08. The Morgan fingerprint density at radius 1 is 1.55 bits per heavy atom. The fourth-order valence-electron chi connectivity index (χ4n) is 0.572. The van der Waals surface area contributed by atoms with E-state index in [4.69, 9.17) is 23.2 Å². The highest BCUT2D eigenvalue weighted by Gasteiger charge is 2.33. The first kappa shape index (κ1) is 8.29. The van der Waals surface area contributed by atoms with E-state index in [9.17, 15) is 9.59 Å². The van der Waals surface area contributed by atoms with E-state index in [1.165, 1.54) is 0 Å². The van der Waals surface area contributed by atoms with Crippen LogP contribution in [0.4, 0.5) is 9.59 Å². The number of carbonyl (C=O) groups excluding carboxylic acids is 2. The van der Waals surface area contributed by atoms with Crippen LogP contribution < -0.4 is 10.6 Å². The first-order valence-electron chi connectivity index (χ1n) is 2.62. The highest BCUT2D eigenvalue weighted by Crippen LogP contribution is 1.99. The monoisotopic (exact) mass is 196 g/mol. The van der Waals surface area contributed by atoms with E-state index in [0.29, 0.717) is 0 Å². The van der Waals surface area contributed by atoms with Crippen molar-refractivity contribution in [2.45, 2.75) is 5.62 Å². The molecule has 1 atom stereocenters. The molecule has 0 spiro atoms. The summed E-state index contributed by atoms with van der Waals surface area (Å²) in [6.07, 6.45) is 0. The lowest BCUT2D eigenvalue weighted by atomic mass is 10.7. The number of hydrogen-bond acceptors (Lipinski definition) is 2. The molecule has 5 nitrogen and oxygen atoms in total. The smallest absolute Gasteiger partial charge is 0.265 e. The molecule has 0 saturated carbocycles. The summed E-state index contributed by atoms with van der Waals surface area (Å²) in [6, 6.07) is -1.28. The number of carbonyl (C=O) groups is 2. The number of nitrogens with one attached hydrogen (secondary N) is 2. The molecule has 1 heterocycles. The molecule has 1 aliphatic rings. The molecule has 0 bridgehead atoms. The van der Waals surface area contributed by atoms with Gasteiger partial charge in [0, 0.05) is 0 Å². The molecule has 1 rings (SSSR count). The summed E-state index contributed by atoms with van der Waals surface area (Å²) < 4.78 is 0.935. The highest BCUT2D eigenvalue weighted by atomic mass is 35.5. The van der Waals surface area contributed by atoms with Gasteiger partial charge in [0.25, 0.3) is 5.62 Å². The van der Waals surface area contributed by atoms with Gasteiger partial charge in [-0.25, -0.2) is 4.79 Å². The summed E-state index contributed by atoms with van der Waals surface area (Å²) >= 11 is 10.7. The van der Waals surface area contributed by atoms with Gasteiger partial charge < -0.3 is 0 Å². The van der Waals surface area contributed by atoms with Crippen molar-refractivity contribution >= 4 is 40.9 Å². The number of urea groups is 2. The molecule has 0 aliphatic carbocycles. The topological polar surface area (TPSA) is 61.2 Å². The molecule has 0 aromatic carbocycles. The van der Waals surface area contributed by atoms with E-state index in [1.54, 1.807) is 0 Å². The molecule has 1 fully saturated rings. The van der Waals surface area contributed by atoms with Gasteiger partial charge in [-0.15, -0.1) is 0 Å². The third kappa shape index (κ3) is 1.61. The molecule has 11 heavy (non-hydrogen) atoms. The zero-order valence-electron chi connectivity index (χ0n) is 5.17. The van der Waals surface area contributed by atoms with Gasteiger partial charge in [0.05, 0.1) is 0 Å². The predicted molar refractivity (Wildman–Crippen MR) is 38.9 cm³/mol. The number of rotatable bonds is 0. The van der Waals surface area contributed by atoms with Crippen LogP contribution in [0.25, 0.3) is 0 Å². The first-order valence-corrected chi connectivity index (χ1v) is 3.50. The van der Waals surface area contributed by atoms with Gasteiger partial charge in [-0.2, -0.15) is 14.7 Å². The van der Waals surface area contributed by atoms with Crippen molar-refractivity contribution in [3.8, 4) is 0 Å². The van der Waals surface area contributed by atoms with Crippen molar-refractivity contribution in [3.05, 3.63) is 0 Å². The van der Waals surface area contributed by atoms with Crippen molar-refractivity contribution in [1.29, 1.82) is 0 Å². The summed E-state index contributed by atoms with van der Waals surface area (Å²) in [6.45, 7) is 0. The summed E-state index contributed by atoms with van der Waals surface area (Å²) in [4.78, 5) is 21.3. The molecule has 0 radical (unpaired) electrons. The molecule has 7 heteroatoms. The van der Waals surface area contributed by atoms with Crippen LogP contribution in [0.3, 0.4) is 0 Å². The molecule has 4 amide bonds. The summed E-state index contributed by atoms with van der Waals surface area (Å²) in [7, 11) is 0. The van der Waals surface area contributed by atoms with Crippen LogP contribution in [-0.2, 0) is 0 Å². The van der Waals surface area contributed by atoms with Gasteiger partial charge >= 0.3 is 12.1 Å². The number of hydrogen-bond donors (Lipinski definition) is 2. The second-order valence-electron chi connectivity index (χ2n) is 1.74. The van der Waals surface area contributed by atoms with Crippen LogP contribution in [-0.4, -0.2) is 27.9 Å². The van der Waals surface area contributed by atoms with Crippen LogP contribution in [0.1, 0.15) is 0 Å². The molecule has 0 aromatic heterocycles. The number of amides is 4. The Morgan fingerprint density at radius 2 is 2.18 bits per heavy atom. The van der Waals surface area contributed by atoms with Crippen LogP contribution in [0.15, 0.2) is 0 Å². The Labute approximate surface area is 72.0 Å². The Morgan fingerprint density at radius 3 is 2.64 bits per heavy atom. The zero-order chi connectivity index (χ0) is 8.43. The quantitative estimate of drug-likeness (QED) is 0.331. The molecule has 0 unspecified atom stereocenters. The van der Waals surface area contributed by atoms with E-state index in [0.717, 1.165) is 10.2 Å². The van der Waals surface area contributed by atoms with Gasteiger partial charge in [0.2, 0.25) is 0 Å². The Balaban J connectivity index is 2.83. The lowest BCUT2D eigenvalue weighted by Gasteiger charge is -2.14. The highest BCUT2D eigenvalue weighted by molar-refractivity contribution is 6.55. The maximum absolute atomic E-state index is 10.8. The molecular formula is C4H4Cl2N3O2+. The number of imide groups is 1. The van der Waals surface area contributed by atoms with Crippen molar-refractivity contribution in [1.82, 2.24) is 10.6 Å². The Bertz CT molecular complexity index is 239. The molecular weight excluding hydrogens is 193 g/mol. The minimum absolute atomic E-state index is 0.634. The molecule has 2 N–H and O–H groups in total. The average Bonchev–Trinajstić information content (AvgIpc) is 1.85. The molecule has 1 saturated heterocycles. The first-order chi connectivity index (χ1) is 5.15. The van der Waals surface area contributed by atoms with Crippen molar-refractivity contribution in [3.63, 3.8) is 0 Å². The summed E-state index contributed by atoms with van der Waals surface area (Å²) in [5.41, 5.74) is 0.0284. The second kappa shape index (κ2) is 3.06. The largest absolute Gasteiger partial charge is 0.503 e. The third-order valence-corrected chi connectivity index (χ3v) is 1.58.